The minimum absolute atomic E-state index is 0.0165. The zero-order valence-corrected chi connectivity index (χ0v) is 10.6. The van der Waals surface area contributed by atoms with Crippen LogP contribution in [-0.2, 0) is 0 Å². The zero-order chi connectivity index (χ0) is 15.0. The van der Waals surface area contributed by atoms with E-state index in [9.17, 15) is 19.7 Å². The molecule has 0 bridgehead atoms. The molecule has 0 radical (unpaired) electrons. The number of benzene rings is 2. The summed E-state index contributed by atoms with van der Waals surface area (Å²) in [6, 6.07) is 11.7. The maximum Gasteiger partial charge on any atom is 0.426 e. The van der Waals surface area contributed by atoms with Crippen LogP contribution in [-0.4, -0.2) is 9.49 Å². The Morgan fingerprint density at radius 3 is 2.43 bits per heavy atom. The number of nitro benzene ring substituents is 1. The van der Waals surface area contributed by atoms with Crippen LogP contribution in [0, 0.1) is 10.1 Å². The fraction of sp³-hybridized carbons (Fsp3) is 0. The second kappa shape index (κ2) is 4.71. The molecule has 3 rings (SSSR count). The van der Waals surface area contributed by atoms with Crippen LogP contribution in [0.25, 0.3) is 16.7 Å². The third-order valence-electron chi connectivity index (χ3n) is 3.00. The second-order valence-corrected chi connectivity index (χ2v) is 4.28. The Balaban J connectivity index is 2.39. The summed E-state index contributed by atoms with van der Waals surface area (Å²) in [6.07, 6.45) is 0. The molecule has 104 valence electrons. The average molecular weight is 284 g/mol. The van der Waals surface area contributed by atoms with Gasteiger partial charge in [-0.15, -0.1) is 0 Å². The lowest BCUT2D eigenvalue weighted by Crippen LogP contribution is -2.30. The van der Waals surface area contributed by atoms with Gasteiger partial charge in [0.05, 0.1) is 16.0 Å². The molecule has 0 aliphatic carbocycles. The third-order valence-corrected chi connectivity index (χ3v) is 3.00. The molecule has 1 heterocycles. The summed E-state index contributed by atoms with van der Waals surface area (Å²) in [5.74, 6) is -0.840. The number of aromatic nitrogens is 1. The van der Waals surface area contributed by atoms with E-state index >= 15 is 0 Å². The minimum atomic E-state index is -0.840. The monoisotopic (exact) mass is 284 g/mol. The molecule has 0 fully saturated rings. The van der Waals surface area contributed by atoms with E-state index in [1.54, 1.807) is 30.3 Å². The highest BCUT2D eigenvalue weighted by Crippen LogP contribution is 2.17. The first-order chi connectivity index (χ1) is 10.1. The maximum atomic E-state index is 12.4. The molecule has 2 aromatic carbocycles. The van der Waals surface area contributed by atoms with Gasteiger partial charge in [-0.3, -0.25) is 14.9 Å². The van der Waals surface area contributed by atoms with Crippen molar-refractivity contribution in [1.29, 1.82) is 0 Å². The van der Waals surface area contributed by atoms with E-state index in [4.69, 9.17) is 4.42 Å². The third kappa shape index (κ3) is 2.10. The molecule has 21 heavy (non-hydrogen) atoms. The Hall–Kier alpha value is -3.22. The molecule has 0 saturated carbocycles. The van der Waals surface area contributed by atoms with Gasteiger partial charge < -0.3 is 4.42 Å². The molecule has 0 aliphatic heterocycles. The van der Waals surface area contributed by atoms with Crippen LogP contribution < -0.4 is 11.3 Å². The van der Waals surface area contributed by atoms with Crippen LogP contribution in [0.1, 0.15) is 0 Å². The Labute approximate surface area is 116 Å². The molecular formula is C14H8N2O5. The van der Waals surface area contributed by atoms with Gasteiger partial charge in [0.2, 0.25) is 0 Å². The lowest BCUT2D eigenvalue weighted by molar-refractivity contribution is -0.384. The summed E-state index contributed by atoms with van der Waals surface area (Å²) in [5.41, 5.74) is -0.545. The fourth-order valence-corrected chi connectivity index (χ4v) is 2.03. The number of rotatable bonds is 2. The van der Waals surface area contributed by atoms with Gasteiger partial charge in [0.25, 0.3) is 11.2 Å². The van der Waals surface area contributed by atoms with Crippen molar-refractivity contribution in [2.75, 3.05) is 0 Å². The molecule has 3 aromatic rings. The van der Waals surface area contributed by atoms with E-state index in [2.05, 4.69) is 0 Å². The summed E-state index contributed by atoms with van der Waals surface area (Å²) in [4.78, 5) is 34.5. The average Bonchev–Trinajstić information content (AvgIpc) is 2.48. The first kappa shape index (κ1) is 12.8. The molecule has 1 aromatic heterocycles. The van der Waals surface area contributed by atoms with E-state index in [-0.39, 0.29) is 16.7 Å². The minimum Gasteiger partial charge on any atom is -0.409 e. The summed E-state index contributed by atoms with van der Waals surface area (Å²) >= 11 is 0. The second-order valence-electron chi connectivity index (χ2n) is 4.28. The molecule has 0 N–H and O–H groups in total. The number of nitro groups is 1. The van der Waals surface area contributed by atoms with Gasteiger partial charge in [-0.1, -0.05) is 18.2 Å². The van der Waals surface area contributed by atoms with Crippen molar-refractivity contribution in [3.63, 3.8) is 0 Å². The van der Waals surface area contributed by atoms with Crippen molar-refractivity contribution in [3.8, 4) is 5.69 Å². The zero-order valence-electron chi connectivity index (χ0n) is 10.6. The molecule has 0 amide bonds. The van der Waals surface area contributed by atoms with Crippen LogP contribution in [0.15, 0.2) is 62.5 Å². The van der Waals surface area contributed by atoms with Gasteiger partial charge in [0.1, 0.15) is 5.58 Å². The Bertz CT molecular complexity index is 957. The van der Waals surface area contributed by atoms with Gasteiger partial charge in [0.15, 0.2) is 0 Å². The molecule has 0 aliphatic rings. The van der Waals surface area contributed by atoms with E-state index in [1.807, 2.05) is 0 Å². The van der Waals surface area contributed by atoms with Crippen molar-refractivity contribution in [3.05, 3.63) is 79.5 Å². The highest BCUT2D eigenvalue weighted by molar-refractivity contribution is 5.78. The lowest BCUT2D eigenvalue weighted by atomic mass is 10.2. The van der Waals surface area contributed by atoms with Gasteiger partial charge in [0, 0.05) is 12.1 Å². The summed E-state index contributed by atoms with van der Waals surface area (Å²) in [6.45, 7) is 0. The smallest absolute Gasteiger partial charge is 0.409 e. The molecule has 7 nitrogen and oxygen atoms in total. The molecule has 7 heteroatoms. The SMILES string of the molecule is O=c1oc2ccc([N+](=O)[O-])cc2c(=O)n1-c1ccccc1. The lowest BCUT2D eigenvalue weighted by Gasteiger charge is -2.04. The Morgan fingerprint density at radius 2 is 1.76 bits per heavy atom. The maximum absolute atomic E-state index is 12.4. The standard InChI is InChI=1S/C14H8N2O5/c17-13-11-8-10(16(19)20)6-7-12(11)21-14(18)15(13)9-4-2-1-3-5-9/h1-8H. The normalized spacial score (nSPS) is 10.7. The predicted molar refractivity (Wildman–Crippen MR) is 74.7 cm³/mol. The number of hydrogen-bond donors (Lipinski definition) is 0. The van der Waals surface area contributed by atoms with E-state index in [1.165, 1.54) is 12.1 Å². The van der Waals surface area contributed by atoms with Crippen molar-refractivity contribution in [2.24, 2.45) is 0 Å². The van der Waals surface area contributed by atoms with Crippen LogP contribution in [0.4, 0.5) is 5.69 Å². The quantitative estimate of drug-likeness (QED) is 0.528. The molecule has 0 saturated heterocycles. The highest BCUT2D eigenvalue weighted by atomic mass is 16.6. The van der Waals surface area contributed by atoms with Gasteiger partial charge in [-0.05, 0) is 18.2 Å². The molecular weight excluding hydrogens is 276 g/mol. The molecule has 0 unspecified atom stereocenters. The highest BCUT2D eigenvalue weighted by Gasteiger charge is 2.14. The molecule has 0 atom stereocenters. The van der Waals surface area contributed by atoms with Gasteiger partial charge in [-0.25, -0.2) is 9.36 Å². The summed E-state index contributed by atoms with van der Waals surface area (Å²) in [5, 5.41) is 10.8. The number of fused-ring (bicyclic) bond motifs is 1. The van der Waals surface area contributed by atoms with Crippen molar-refractivity contribution in [1.82, 2.24) is 4.57 Å². The van der Waals surface area contributed by atoms with Crippen LogP contribution in [0.2, 0.25) is 0 Å². The number of non-ortho nitro benzene ring substituents is 1. The summed E-state index contributed by atoms with van der Waals surface area (Å²) < 4.78 is 5.89. The van der Waals surface area contributed by atoms with Crippen LogP contribution in [0.5, 0.6) is 0 Å². The fourth-order valence-electron chi connectivity index (χ4n) is 2.03. The van der Waals surface area contributed by atoms with Gasteiger partial charge in [-0.2, -0.15) is 0 Å². The predicted octanol–water partition coefficient (Wildman–Crippen LogP) is 1.85. The Morgan fingerprint density at radius 1 is 1.05 bits per heavy atom. The van der Waals surface area contributed by atoms with Crippen molar-refractivity contribution in [2.45, 2.75) is 0 Å². The largest absolute Gasteiger partial charge is 0.426 e. The molecule has 0 spiro atoms. The van der Waals surface area contributed by atoms with E-state index < -0.39 is 16.2 Å². The van der Waals surface area contributed by atoms with Gasteiger partial charge >= 0.3 is 5.76 Å². The number of para-hydroxylation sites is 1. The van der Waals surface area contributed by atoms with Crippen molar-refractivity contribution >= 4 is 16.7 Å². The Kier molecular flexibility index (Phi) is 2.87. The van der Waals surface area contributed by atoms with Crippen molar-refractivity contribution < 1.29 is 9.34 Å². The first-order valence-corrected chi connectivity index (χ1v) is 5.97. The topological polar surface area (TPSA) is 95.3 Å². The number of nitrogens with zero attached hydrogens (tertiary/aromatic N) is 2. The van der Waals surface area contributed by atoms with Crippen LogP contribution in [0.3, 0.4) is 0 Å². The summed E-state index contributed by atoms with van der Waals surface area (Å²) in [7, 11) is 0. The number of hydrogen-bond acceptors (Lipinski definition) is 5. The van der Waals surface area contributed by atoms with E-state index in [0.29, 0.717) is 5.69 Å². The first-order valence-electron chi connectivity index (χ1n) is 5.97. The van der Waals surface area contributed by atoms with E-state index in [0.717, 1.165) is 10.6 Å². The van der Waals surface area contributed by atoms with Crippen LogP contribution >= 0.6 is 0 Å².